The van der Waals surface area contributed by atoms with Crippen molar-refractivity contribution in [1.29, 1.82) is 0 Å². The zero-order valence-electron chi connectivity index (χ0n) is 10.8. The molecule has 1 aromatic carbocycles. The lowest BCUT2D eigenvalue weighted by Gasteiger charge is -2.09. The first-order chi connectivity index (χ1) is 8.42. The van der Waals surface area contributed by atoms with Gasteiger partial charge in [0.2, 0.25) is 10.0 Å². The number of hydrogen-bond acceptors (Lipinski definition) is 3. The normalized spacial score (nSPS) is 11.3. The molecule has 0 atom stereocenters. The van der Waals surface area contributed by atoms with Gasteiger partial charge in [0.1, 0.15) is 0 Å². The predicted octanol–water partition coefficient (Wildman–Crippen LogP) is 1.04. The SMILES string of the molecule is CCNC(=O)c1cc(S(=O)(=O)NCC)ccc1C. The number of aryl methyl sites for hydroxylation is 1. The van der Waals surface area contributed by atoms with Crippen LogP contribution in [0.25, 0.3) is 0 Å². The molecule has 18 heavy (non-hydrogen) atoms. The van der Waals surface area contributed by atoms with Crippen molar-refractivity contribution in [1.82, 2.24) is 10.0 Å². The second-order valence-electron chi connectivity index (χ2n) is 3.84. The Morgan fingerprint density at radius 1 is 1.22 bits per heavy atom. The Labute approximate surface area is 108 Å². The van der Waals surface area contributed by atoms with Gasteiger partial charge in [0, 0.05) is 18.7 Å². The van der Waals surface area contributed by atoms with Crippen molar-refractivity contribution >= 4 is 15.9 Å². The number of benzene rings is 1. The number of carbonyl (C=O) groups excluding carboxylic acids is 1. The zero-order chi connectivity index (χ0) is 13.8. The highest BCUT2D eigenvalue weighted by Gasteiger charge is 2.16. The lowest BCUT2D eigenvalue weighted by molar-refractivity contribution is 0.0955. The van der Waals surface area contributed by atoms with Gasteiger partial charge in [-0.25, -0.2) is 13.1 Å². The van der Waals surface area contributed by atoms with E-state index in [-0.39, 0.29) is 10.8 Å². The monoisotopic (exact) mass is 270 g/mol. The first kappa shape index (κ1) is 14.7. The van der Waals surface area contributed by atoms with Crippen molar-refractivity contribution in [3.63, 3.8) is 0 Å². The van der Waals surface area contributed by atoms with Crippen LogP contribution in [0.3, 0.4) is 0 Å². The summed E-state index contributed by atoms with van der Waals surface area (Å²) in [6, 6.07) is 4.53. The highest BCUT2D eigenvalue weighted by Crippen LogP contribution is 2.15. The molecule has 0 unspecified atom stereocenters. The molecule has 0 saturated carbocycles. The van der Waals surface area contributed by atoms with Crippen molar-refractivity contribution < 1.29 is 13.2 Å². The van der Waals surface area contributed by atoms with Crippen LogP contribution in [0.2, 0.25) is 0 Å². The molecule has 0 spiro atoms. The summed E-state index contributed by atoms with van der Waals surface area (Å²) in [5.74, 6) is -0.261. The lowest BCUT2D eigenvalue weighted by Crippen LogP contribution is -2.26. The summed E-state index contributed by atoms with van der Waals surface area (Å²) >= 11 is 0. The summed E-state index contributed by atoms with van der Waals surface area (Å²) in [4.78, 5) is 11.9. The number of carbonyl (C=O) groups is 1. The van der Waals surface area contributed by atoms with E-state index in [4.69, 9.17) is 0 Å². The number of rotatable bonds is 5. The van der Waals surface area contributed by atoms with E-state index < -0.39 is 10.0 Å². The van der Waals surface area contributed by atoms with E-state index in [1.54, 1.807) is 19.9 Å². The van der Waals surface area contributed by atoms with Crippen LogP contribution in [0, 0.1) is 6.92 Å². The lowest BCUT2D eigenvalue weighted by atomic mass is 10.1. The van der Waals surface area contributed by atoms with Gasteiger partial charge in [-0.3, -0.25) is 4.79 Å². The molecule has 0 saturated heterocycles. The van der Waals surface area contributed by atoms with Crippen molar-refractivity contribution in [2.45, 2.75) is 25.7 Å². The molecule has 2 N–H and O–H groups in total. The molecule has 0 aliphatic carbocycles. The predicted molar refractivity (Wildman–Crippen MR) is 70.0 cm³/mol. The van der Waals surface area contributed by atoms with Gasteiger partial charge in [-0.2, -0.15) is 0 Å². The molecule has 100 valence electrons. The molecular weight excluding hydrogens is 252 g/mol. The summed E-state index contributed by atoms with van der Waals surface area (Å²) in [5, 5.41) is 2.66. The summed E-state index contributed by atoms with van der Waals surface area (Å²) < 4.78 is 26.1. The number of amides is 1. The number of hydrogen-bond donors (Lipinski definition) is 2. The molecular formula is C12H18N2O3S. The molecule has 1 amide bonds. The Morgan fingerprint density at radius 3 is 2.44 bits per heavy atom. The molecule has 0 heterocycles. The molecule has 0 aliphatic heterocycles. The van der Waals surface area contributed by atoms with Crippen LogP contribution in [-0.4, -0.2) is 27.4 Å². The van der Waals surface area contributed by atoms with Crippen LogP contribution in [0.1, 0.15) is 29.8 Å². The Balaban J connectivity index is 3.20. The van der Waals surface area contributed by atoms with Crippen LogP contribution < -0.4 is 10.0 Å². The van der Waals surface area contributed by atoms with Crippen LogP contribution in [0.4, 0.5) is 0 Å². The van der Waals surface area contributed by atoms with Crippen molar-refractivity contribution in [2.24, 2.45) is 0 Å². The van der Waals surface area contributed by atoms with Gasteiger partial charge in [0.25, 0.3) is 5.91 Å². The molecule has 0 radical (unpaired) electrons. The Kier molecular flexibility index (Phi) is 4.86. The highest BCUT2D eigenvalue weighted by atomic mass is 32.2. The highest BCUT2D eigenvalue weighted by molar-refractivity contribution is 7.89. The quantitative estimate of drug-likeness (QED) is 0.839. The molecule has 5 nitrogen and oxygen atoms in total. The van der Waals surface area contributed by atoms with Crippen molar-refractivity contribution in [3.8, 4) is 0 Å². The maximum atomic E-state index is 11.8. The standard InChI is InChI=1S/C12H18N2O3S/c1-4-13-12(15)11-8-10(7-6-9(11)3)18(16,17)14-5-2/h6-8,14H,4-5H2,1-3H3,(H,13,15). The van der Waals surface area contributed by atoms with Gasteiger partial charge < -0.3 is 5.32 Å². The molecule has 1 aromatic rings. The largest absolute Gasteiger partial charge is 0.352 e. The van der Waals surface area contributed by atoms with Gasteiger partial charge in [0.05, 0.1) is 4.90 Å². The second-order valence-corrected chi connectivity index (χ2v) is 5.60. The molecule has 6 heteroatoms. The molecule has 0 bridgehead atoms. The van der Waals surface area contributed by atoms with Crippen LogP contribution in [0.15, 0.2) is 23.1 Å². The van der Waals surface area contributed by atoms with Gasteiger partial charge >= 0.3 is 0 Å². The van der Waals surface area contributed by atoms with Gasteiger partial charge in [-0.15, -0.1) is 0 Å². The molecule has 0 fully saturated rings. The fraction of sp³-hybridized carbons (Fsp3) is 0.417. The minimum Gasteiger partial charge on any atom is -0.352 e. The van der Waals surface area contributed by atoms with E-state index >= 15 is 0 Å². The first-order valence-corrected chi connectivity index (χ1v) is 7.29. The third-order valence-electron chi connectivity index (χ3n) is 2.44. The average Bonchev–Trinajstić information content (AvgIpc) is 2.29. The third-order valence-corrected chi connectivity index (χ3v) is 3.98. The average molecular weight is 270 g/mol. The fourth-order valence-electron chi connectivity index (χ4n) is 1.54. The van der Waals surface area contributed by atoms with Crippen LogP contribution in [0.5, 0.6) is 0 Å². The fourth-order valence-corrected chi connectivity index (χ4v) is 2.61. The van der Waals surface area contributed by atoms with E-state index in [0.29, 0.717) is 18.7 Å². The molecule has 0 aromatic heterocycles. The van der Waals surface area contributed by atoms with Crippen LogP contribution in [-0.2, 0) is 10.0 Å². The maximum absolute atomic E-state index is 11.8. The van der Waals surface area contributed by atoms with Gasteiger partial charge in [-0.05, 0) is 31.5 Å². The molecule has 0 aliphatic rings. The summed E-state index contributed by atoms with van der Waals surface area (Å²) in [6.45, 7) is 6.10. The van der Waals surface area contributed by atoms with E-state index in [1.807, 2.05) is 6.92 Å². The number of nitrogens with one attached hydrogen (secondary N) is 2. The minimum atomic E-state index is -3.53. The van der Waals surface area contributed by atoms with E-state index in [0.717, 1.165) is 5.56 Å². The third kappa shape index (κ3) is 3.30. The first-order valence-electron chi connectivity index (χ1n) is 5.81. The van der Waals surface area contributed by atoms with Crippen LogP contribution >= 0.6 is 0 Å². The van der Waals surface area contributed by atoms with Gasteiger partial charge in [0.15, 0.2) is 0 Å². The summed E-state index contributed by atoms with van der Waals surface area (Å²) in [5.41, 5.74) is 1.13. The second kappa shape index (κ2) is 5.97. The van der Waals surface area contributed by atoms with Gasteiger partial charge in [-0.1, -0.05) is 13.0 Å². The molecule has 1 rings (SSSR count). The number of sulfonamides is 1. The minimum absolute atomic E-state index is 0.108. The Morgan fingerprint density at radius 2 is 1.89 bits per heavy atom. The van der Waals surface area contributed by atoms with Crippen molar-refractivity contribution in [3.05, 3.63) is 29.3 Å². The van der Waals surface area contributed by atoms with Crippen molar-refractivity contribution in [2.75, 3.05) is 13.1 Å². The smallest absolute Gasteiger partial charge is 0.251 e. The Bertz CT molecular complexity index is 538. The van der Waals surface area contributed by atoms with E-state index in [9.17, 15) is 13.2 Å². The van der Waals surface area contributed by atoms with E-state index in [2.05, 4.69) is 10.0 Å². The topological polar surface area (TPSA) is 75.3 Å². The summed E-state index contributed by atoms with van der Waals surface area (Å²) in [6.07, 6.45) is 0. The zero-order valence-corrected chi connectivity index (χ0v) is 11.6. The van der Waals surface area contributed by atoms with E-state index in [1.165, 1.54) is 12.1 Å². The summed E-state index contributed by atoms with van der Waals surface area (Å²) in [7, 11) is -3.53. The Hall–Kier alpha value is -1.40. The maximum Gasteiger partial charge on any atom is 0.251 e.